The molecule has 4 aliphatic rings. The number of ether oxygens (including phenoxy) is 3. The summed E-state index contributed by atoms with van der Waals surface area (Å²) in [6, 6.07) is 7.32. The van der Waals surface area contributed by atoms with Crippen LogP contribution in [0.2, 0.25) is 0 Å². The van der Waals surface area contributed by atoms with E-state index < -0.39 is 37.3 Å². The number of hydrogen-bond acceptors (Lipinski definition) is 8. The summed E-state index contributed by atoms with van der Waals surface area (Å²) in [5, 5.41) is 49.8. The second-order valence-corrected chi connectivity index (χ2v) is 10.3. The number of nitrogens with zero attached hydrogens (tertiary/aromatic N) is 1. The van der Waals surface area contributed by atoms with Crippen LogP contribution in [0.5, 0.6) is 5.75 Å². The fourth-order valence-electron chi connectivity index (χ4n) is 6.57. The summed E-state index contributed by atoms with van der Waals surface area (Å²) in [6.07, 6.45) is 2.39. The van der Waals surface area contributed by atoms with Crippen LogP contribution in [0.1, 0.15) is 62.5 Å². The third-order valence-corrected chi connectivity index (χ3v) is 8.32. The Morgan fingerprint density at radius 3 is 2.64 bits per heavy atom. The SMILES string of the molecule is COC(=C1C2CCCC1C1=C(CCCC1)C2)c1ccc(C#N)c(O[C@@H]2OC(CO)[C@@H](O)[C@H](O)C2O)c1. The van der Waals surface area contributed by atoms with E-state index in [2.05, 4.69) is 6.07 Å². The predicted molar refractivity (Wildman–Crippen MR) is 130 cm³/mol. The molecule has 0 spiro atoms. The van der Waals surface area contributed by atoms with Gasteiger partial charge >= 0.3 is 0 Å². The van der Waals surface area contributed by atoms with Crippen LogP contribution < -0.4 is 4.74 Å². The molecule has 1 heterocycles. The quantitative estimate of drug-likeness (QED) is 0.361. The molecule has 4 N–H and O–H groups in total. The van der Waals surface area contributed by atoms with Crippen LogP contribution in [0.15, 0.2) is 34.9 Å². The van der Waals surface area contributed by atoms with E-state index in [0.29, 0.717) is 11.8 Å². The number of fused-ring (bicyclic) bond motifs is 3. The van der Waals surface area contributed by atoms with E-state index in [-0.39, 0.29) is 11.3 Å². The minimum absolute atomic E-state index is 0.174. The van der Waals surface area contributed by atoms with Crippen LogP contribution in [-0.2, 0) is 9.47 Å². The van der Waals surface area contributed by atoms with Gasteiger partial charge in [-0.05, 0) is 74.6 Å². The average molecular weight is 498 g/mol. The summed E-state index contributed by atoms with van der Waals surface area (Å²) in [6.45, 7) is -0.559. The Kier molecular flexibility index (Phi) is 7.38. The molecular weight excluding hydrogens is 462 g/mol. The fourth-order valence-corrected chi connectivity index (χ4v) is 6.57. The fraction of sp³-hybridized carbons (Fsp3) is 0.607. The molecule has 0 radical (unpaired) electrons. The topological polar surface area (TPSA) is 132 Å². The van der Waals surface area contributed by atoms with Crippen LogP contribution in [-0.4, -0.2) is 64.8 Å². The molecule has 1 aromatic rings. The minimum atomic E-state index is -1.56. The van der Waals surface area contributed by atoms with Crippen molar-refractivity contribution in [1.29, 1.82) is 5.26 Å². The smallest absolute Gasteiger partial charge is 0.229 e. The monoisotopic (exact) mass is 497 g/mol. The summed E-state index contributed by atoms with van der Waals surface area (Å²) in [5.74, 6) is 1.83. The molecule has 1 saturated carbocycles. The zero-order valence-corrected chi connectivity index (χ0v) is 20.6. The van der Waals surface area contributed by atoms with E-state index in [0.717, 1.165) is 37.0 Å². The highest BCUT2D eigenvalue weighted by Gasteiger charge is 2.45. The van der Waals surface area contributed by atoms with Crippen molar-refractivity contribution >= 4 is 5.76 Å². The van der Waals surface area contributed by atoms with Gasteiger partial charge in [-0.25, -0.2) is 0 Å². The molecule has 1 aliphatic heterocycles. The van der Waals surface area contributed by atoms with Gasteiger partial charge in [-0.3, -0.25) is 0 Å². The van der Waals surface area contributed by atoms with E-state index in [1.807, 2.05) is 6.07 Å². The molecule has 1 saturated heterocycles. The van der Waals surface area contributed by atoms with Crippen molar-refractivity contribution in [2.45, 2.75) is 82.1 Å². The Hall–Kier alpha value is -2.41. The predicted octanol–water partition coefficient (Wildman–Crippen LogP) is 2.79. The first-order chi connectivity index (χ1) is 17.5. The first-order valence-corrected chi connectivity index (χ1v) is 13.0. The van der Waals surface area contributed by atoms with Gasteiger partial charge in [0.05, 0.1) is 19.3 Å². The molecule has 0 amide bonds. The Morgan fingerprint density at radius 1 is 1.08 bits per heavy atom. The number of allylic oxidation sites excluding steroid dienone is 3. The van der Waals surface area contributed by atoms with Gasteiger partial charge < -0.3 is 34.6 Å². The van der Waals surface area contributed by atoms with Gasteiger partial charge in [0, 0.05) is 11.5 Å². The van der Waals surface area contributed by atoms with Crippen LogP contribution in [0, 0.1) is 23.2 Å². The van der Waals surface area contributed by atoms with E-state index in [1.165, 1.54) is 31.3 Å². The number of aliphatic hydroxyl groups excluding tert-OH is 4. The summed E-state index contributed by atoms with van der Waals surface area (Å²) in [4.78, 5) is 0. The second-order valence-electron chi connectivity index (χ2n) is 10.3. The molecular formula is C28H35NO7. The lowest BCUT2D eigenvalue weighted by molar-refractivity contribution is -0.277. The molecule has 4 unspecified atom stereocenters. The Morgan fingerprint density at radius 2 is 1.89 bits per heavy atom. The van der Waals surface area contributed by atoms with Gasteiger partial charge in [0.25, 0.3) is 0 Å². The third kappa shape index (κ3) is 4.44. The van der Waals surface area contributed by atoms with Crippen molar-refractivity contribution < 1.29 is 34.6 Å². The summed E-state index contributed by atoms with van der Waals surface area (Å²) >= 11 is 0. The van der Waals surface area contributed by atoms with Crippen LogP contribution in [0.3, 0.4) is 0 Å². The molecule has 2 bridgehead atoms. The van der Waals surface area contributed by atoms with E-state index >= 15 is 0 Å². The van der Waals surface area contributed by atoms with Crippen molar-refractivity contribution in [3.63, 3.8) is 0 Å². The van der Waals surface area contributed by atoms with Crippen molar-refractivity contribution in [3.05, 3.63) is 46.0 Å². The maximum Gasteiger partial charge on any atom is 0.229 e. The highest BCUT2D eigenvalue weighted by Crippen LogP contribution is 2.53. The van der Waals surface area contributed by atoms with E-state index in [4.69, 9.17) is 14.2 Å². The normalized spacial score (nSPS) is 35.5. The number of benzene rings is 1. The molecule has 7 atom stereocenters. The molecule has 1 aromatic carbocycles. The van der Waals surface area contributed by atoms with Crippen LogP contribution in [0.4, 0.5) is 0 Å². The first-order valence-electron chi connectivity index (χ1n) is 13.0. The Bertz CT molecular complexity index is 1090. The van der Waals surface area contributed by atoms with E-state index in [1.54, 1.807) is 30.4 Å². The Labute approximate surface area is 211 Å². The third-order valence-electron chi connectivity index (χ3n) is 8.32. The zero-order valence-electron chi connectivity index (χ0n) is 20.6. The number of methoxy groups -OCH3 is 1. The zero-order chi connectivity index (χ0) is 25.4. The molecule has 36 heavy (non-hydrogen) atoms. The highest BCUT2D eigenvalue weighted by molar-refractivity contribution is 5.68. The minimum Gasteiger partial charge on any atom is -0.496 e. The molecule has 2 fully saturated rings. The van der Waals surface area contributed by atoms with E-state index in [9.17, 15) is 25.7 Å². The van der Waals surface area contributed by atoms with Gasteiger partial charge in [0.15, 0.2) is 0 Å². The van der Waals surface area contributed by atoms with Crippen molar-refractivity contribution in [2.24, 2.45) is 11.8 Å². The van der Waals surface area contributed by atoms with Crippen molar-refractivity contribution in [2.75, 3.05) is 13.7 Å². The number of aliphatic hydroxyl groups is 4. The largest absolute Gasteiger partial charge is 0.496 e. The molecule has 0 aromatic heterocycles. The number of nitriles is 1. The summed E-state index contributed by atoms with van der Waals surface area (Å²) in [5.41, 5.74) is 5.61. The van der Waals surface area contributed by atoms with Gasteiger partial charge in [0.2, 0.25) is 6.29 Å². The van der Waals surface area contributed by atoms with Gasteiger partial charge in [-0.1, -0.05) is 17.6 Å². The average Bonchev–Trinajstić information content (AvgIpc) is 2.90. The summed E-state index contributed by atoms with van der Waals surface area (Å²) < 4.78 is 17.4. The lowest BCUT2D eigenvalue weighted by Crippen LogP contribution is -2.60. The van der Waals surface area contributed by atoms with Gasteiger partial charge in [-0.15, -0.1) is 0 Å². The van der Waals surface area contributed by atoms with Crippen molar-refractivity contribution in [1.82, 2.24) is 0 Å². The molecule has 8 heteroatoms. The Balaban J connectivity index is 1.51. The molecule has 3 aliphatic carbocycles. The summed E-state index contributed by atoms with van der Waals surface area (Å²) in [7, 11) is 1.68. The number of rotatable bonds is 5. The lowest BCUT2D eigenvalue weighted by atomic mass is 9.62. The lowest BCUT2D eigenvalue weighted by Gasteiger charge is -2.43. The maximum absolute atomic E-state index is 10.4. The van der Waals surface area contributed by atoms with Gasteiger partial charge in [0.1, 0.15) is 42.0 Å². The molecule has 8 nitrogen and oxygen atoms in total. The van der Waals surface area contributed by atoms with Crippen LogP contribution in [0.25, 0.3) is 5.76 Å². The highest BCUT2D eigenvalue weighted by atomic mass is 16.7. The first kappa shape index (κ1) is 25.2. The second kappa shape index (κ2) is 10.5. The molecule has 194 valence electrons. The standard InChI is InChI=1S/C28H35NO7/c1-34-27(23-16-6-4-8-20(23)19-7-3-2-5-15(19)11-16)17-9-10-18(13-29)21(12-17)35-28-26(33)25(32)24(31)22(14-30)36-28/h9-10,12,16,20,22,24-26,28,30-33H,2-8,11,14H2,1H3/t16?,20?,22?,24-,25+,26?,28-/m1/s1. The molecule has 5 rings (SSSR count). The van der Waals surface area contributed by atoms with Crippen LogP contribution >= 0.6 is 0 Å². The number of hydrogen-bond donors (Lipinski definition) is 4. The van der Waals surface area contributed by atoms with Crippen molar-refractivity contribution in [3.8, 4) is 11.8 Å². The maximum atomic E-state index is 10.4. The van der Waals surface area contributed by atoms with Gasteiger partial charge in [-0.2, -0.15) is 5.26 Å².